The second-order valence-corrected chi connectivity index (χ2v) is 4.43. The number of furan rings is 1. The molecule has 0 aliphatic rings. The molecule has 0 radical (unpaired) electrons. The number of aryl methyl sites for hydroxylation is 1. The second-order valence-electron chi connectivity index (χ2n) is 4.02. The first kappa shape index (κ1) is 14.4. The Labute approximate surface area is 119 Å². The Morgan fingerprint density at radius 3 is 2.90 bits per heavy atom. The number of rotatable bonds is 4. The van der Waals surface area contributed by atoms with Gasteiger partial charge < -0.3 is 9.15 Å². The van der Waals surface area contributed by atoms with Crippen molar-refractivity contribution in [3.05, 3.63) is 52.2 Å². The van der Waals surface area contributed by atoms with Gasteiger partial charge in [-0.3, -0.25) is 10.2 Å². The van der Waals surface area contributed by atoms with Gasteiger partial charge in [0.05, 0.1) is 10.6 Å². The zero-order valence-corrected chi connectivity index (χ0v) is 11.3. The predicted molar refractivity (Wildman–Crippen MR) is 70.8 cm³/mol. The van der Waals surface area contributed by atoms with Crippen LogP contribution in [0.5, 0.6) is 5.75 Å². The number of hydrogen-bond acceptors (Lipinski definition) is 4. The maximum absolute atomic E-state index is 12.9. The first-order valence-corrected chi connectivity index (χ1v) is 6.07. The van der Waals surface area contributed by atoms with E-state index in [0.29, 0.717) is 22.8 Å². The molecular formula is C13H12ClFN2O3. The minimum atomic E-state index is -0.447. The molecule has 106 valence electrons. The van der Waals surface area contributed by atoms with Crippen LogP contribution in [0.3, 0.4) is 0 Å². The van der Waals surface area contributed by atoms with Crippen LogP contribution in [-0.2, 0) is 6.61 Å². The highest BCUT2D eigenvalue weighted by Crippen LogP contribution is 2.26. The molecule has 0 atom stereocenters. The maximum atomic E-state index is 12.9. The summed E-state index contributed by atoms with van der Waals surface area (Å²) in [6.45, 7) is 1.70. The third-order valence-electron chi connectivity index (χ3n) is 2.61. The van der Waals surface area contributed by atoms with Crippen molar-refractivity contribution in [3.8, 4) is 5.75 Å². The van der Waals surface area contributed by atoms with Crippen LogP contribution in [0, 0.1) is 12.7 Å². The van der Waals surface area contributed by atoms with Crippen molar-refractivity contribution >= 4 is 17.5 Å². The number of nitrogens with one attached hydrogen (secondary N) is 1. The Hall–Kier alpha value is -2.05. The van der Waals surface area contributed by atoms with Gasteiger partial charge in [-0.25, -0.2) is 10.2 Å². The Balaban J connectivity index is 2.09. The molecule has 3 N–H and O–H groups in total. The van der Waals surface area contributed by atoms with E-state index in [2.05, 4.69) is 0 Å². The molecule has 20 heavy (non-hydrogen) atoms. The summed E-state index contributed by atoms with van der Waals surface area (Å²) in [5.41, 5.74) is 2.35. The third-order valence-corrected chi connectivity index (χ3v) is 2.90. The summed E-state index contributed by atoms with van der Waals surface area (Å²) in [5, 5.41) is 0.160. The largest absolute Gasteiger partial charge is 0.484 e. The highest BCUT2D eigenvalue weighted by atomic mass is 35.5. The molecule has 7 heteroatoms. The van der Waals surface area contributed by atoms with Crippen LogP contribution < -0.4 is 16.0 Å². The molecule has 1 aromatic carbocycles. The normalized spacial score (nSPS) is 10.4. The quantitative estimate of drug-likeness (QED) is 0.516. The number of halogens is 2. The van der Waals surface area contributed by atoms with Gasteiger partial charge in [0.25, 0.3) is 5.91 Å². The van der Waals surface area contributed by atoms with Crippen molar-refractivity contribution in [2.45, 2.75) is 13.5 Å². The van der Waals surface area contributed by atoms with Crippen LogP contribution in [0.25, 0.3) is 0 Å². The maximum Gasteiger partial charge on any atom is 0.268 e. The fourth-order valence-corrected chi connectivity index (χ4v) is 1.88. The summed E-state index contributed by atoms with van der Waals surface area (Å²) in [5.74, 6) is 5.35. The van der Waals surface area contributed by atoms with Crippen molar-refractivity contribution < 1.29 is 18.3 Å². The van der Waals surface area contributed by atoms with Crippen LogP contribution in [0.1, 0.15) is 21.9 Å². The molecule has 1 aromatic heterocycles. The Morgan fingerprint density at radius 1 is 1.50 bits per heavy atom. The molecule has 0 saturated heterocycles. The second kappa shape index (κ2) is 5.94. The highest BCUT2D eigenvalue weighted by molar-refractivity contribution is 6.32. The first-order valence-electron chi connectivity index (χ1n) is 5.69. The average Bonchev–Trinajstić information content (AvgIpc) is 2.78. The van der Waals surface area contributed by atoms with Gasteiger partial charge in [-0.2, -0.15) is 0 Å². The lowest BCUT2D eigenvalue weighted by Crippen LogP contribution is -2.30. The minimum Gasteiger partial charge on any atom is -0.484 e. The molecule has 0 bridgehead atoms. The van der Waals surface area contributed by atoms with Gasteiger partial charge in [-0.05, 0) is 31.2 Å². The van der Waals surface area contributed by atoms with E-state index in [1.54, 1.807) is 6.92 Å². The smallest absolute Gasteiger partial charge is 0.268 e. The lowest BCUT2D eigenvalue weighted by atomic mass is 10.2. The number of carbonyl (C=O) groups excluding carboxylic acids is 1. The number of nitrogens with two attached hydrogens (primary N) is 1. The van der Waals surface area contributed by atoms with Crippen LogP contribution >= 0.6 is 11.6 Å². The van der Waals surface area contributed by atoms with Gasteiger partial charge in [0, 0.05) is 0 Å². The topological polar surface area (TPSA) is 77.5 Å². The number of amides is 1. The van der Waals surface area contributed by atoms with E-state index in [1.807, 2.05) is 5.43 Å². The lowest BCUT2D eigenvalue weighted by molar-refractivity contribution is 0.0952. The molecule has 0 spiro atoms. The molecule has 2 aromatic rings. The Bertz CT molecular complexity index is 643. The monoisotopic (exact) mass is 298 g/mol. The summed E-state index contributed by atoms with van der Waals surface area (Å²) >= 11 is 5.83. The summed E-state index contributed by atoms with van der Waals surface area (Å²) in [4.78, 5) is 11.4. The molecule has 1 amide bonds. The van der Waals surface area contributed by atoms with E-state index >= 15 is 0 Å². The van der Waals surface area contributed by atoms with Gasteiger partial charge in [-0.1, -0.05) is 11.6 Å². The molecule has 5 nitrogen and oxygen atoms in total. The molecule has 0 saturated carbocycles. The van der Waals surface area contributed by atoms with E-state index in [9.17, 15) is 9.18 Å². The standard InChI is InChI=1S/C13H12ClFN2O3/c1-7-10(13(18)17-16)5-9(20-7)6-19-12-3-2-8(15)4-11(12)14/h2-5H,6,16H2,1H3,(H,17,18). The Morgan fingerprint density at radius 2 is 2.25 bits per heavy atom. The predicted octanol–water partition coefficient (Wildman–Crippen LogP) is 2.56. The number of benzene rings is 1. The fourth-order valence-electron chi connectivity index (χ4n) is 1.66. The van der Waals surface area contributed by atoms with Gasteiger partial charge in [-0.15, -0.1) is 0 Å². The van der Waals surface area contributed by atoms with Crippen LogP contribution in [0.15, 0.2) is 28.7 Å². The zero-order valence-electron chi connectivity index (χ0n) is 10.6. The molecule has 0 aliphatic heterocycles. The van der Waals surface area contributed by atoms with Crippen LogP contribution in [-0.4, -0.2) is 5.91 Å². The summed E-state index contributed by atoms with van der Waals surface area (Å²) < 4.78 is 23.6. The molecule has 0 aliphatic carbocycles. The molecule has 0 fully saturated rings. The number of nitrogen functional groups attached to an aromatic ring is 1. The number of carbonyl (C=O) groups is 1. The summed E-state index contributed by atoms with van der Waals surface area (Å²) in [6.07, 6.45) is 0. The lowest BCUT2D eigenvalue weighted by Gasteiger charge is -2.05. The van der Waals surface area contributed by atoms with E-state index < -0.39 is 11.7 Å². The molecule has 0 unspecified atom stereocenters. The van der Waals surface area contributed by atoms with Crippen molar-refractivity contribution in [3.63, 3.8) is 0 Å². The van der Waals surface area contributed by atoms with Crippen molar-refractivity contribution in [1.82, 2.24) is 5.43 Å². The van der Waals surface area contributed by atoms with E-state index in [4.69, 9.17) is 26.6 Å². The molecule has 2 rings (SSSR count). The number of hydrazine groups is 1. The van der Waals surface area contributed by atoms with Gasteiger partial charge in [0.2, 0.25) is 0 Å². The Kier molecular flexibility index (Phi) is 4.26. The zero-order chi connectivity index (χ0) is 14.7. The highest BCUT2D eigenvalue weighted by Gasteiger charge is 2.14. The number of ether oxygens (including phenoxy) is 1. The summed E-state index contributed by atoms with van der Waals surface area (Å²) in [7, 11) is 0. The third kappa shape index (κ3) is 3.09. The van der Waals surface area contributed by atoms with E-state index in [-0.39, 0.29) is 11.6 Å². The van der Waals surface area contributed by atoms with Crippen molar-refractivity contribution in [2.75, 3.05) is 0 Å². The SMILES string of the molecule is Cc1oc(COc2ccc(F)cc2Cl)cc1C(=O)NN. The van der Waals surface area contributed by atoms with Crippen molar-refractivity contribution in [2.24, 2.45) is 5.84 Å². The van der Waals surface area contributed by atoms with Gasteiger partial charge in [0.1, 0.15) is 29.7 Å². The average molecular weight is 299 g/mol. The fraction of sp³-hybridized carbons (Fsp3) is 0.154. The minimum absolute atomic E-state index is 0.0596. The van der Waals surface area contributed by atoms with Gasteiger partial charge in [0.15, 0.2) is 0 Å². The van der Waals surface area contributed by atoms with Gasteiger partial charge >= 0.3 is 0 Å². The first-order chi connectivity index (χ1) is 9.51. The van der Waals surface area contributed by atoms with E-state index in [0.717, 1.165) is 6.07 Å². The number of hydrogen-bond donors (Lipinski definition) is 2. The molecular weight excluding hydrogens is 287 g/mol. The summed E-state index contributed by atoms with van der Waals surface area (Å²) in [6, 6.07) is 5.33. The molecule has 1 heterocycles. The van der Waals surface area contributed by atoms with E-state index in [1.165, 1.54) is 18.2 Å². The van der Waals surface area contributed by atoms with Crippen LogP contribution in [0.4, 0.5) is 4.39 Å². The van der Waals surface area contributed by atoms with Crippen molar-refractivity contribution in [1.29, 1.82) is 0 Å². The van der Waals surface area contributed by atoms with Crippen LogP contribution in [0.2, 0.25) is 5.02 Å².